The summed E-state index contributed by atoms with van der Waals surface area (Å²) in [7, 11) is 0. The molecule has 4 rings (SSSR count). The van der Waals surface area contributed by atoms with Crippen molar-refractivity contribution in [2.24, 2.45) is 5.92 Å². The summed E-state index contributed by atoms with van der Waals surface area (Å²) in [6.45, 7) is 2.85. The number of aromatic nitrogens is 1. The predicted molar refractivity (Wildman–Crippen MR) is 86.1 cm³/mol. The zero-order valence-corrected chi connectivity index (χ0v) is 13.0. The van der Waals surface area contributed by atoms with Crippen molar-refractivity contribution in [3.8, 4) is 0 Å². The van der Waals surface area contributed by atoms with Crippen molar-refractivity contribution in [3.63, 3.8) is 0 Å². The van der Waals surface area contributed by atoms with E-state index >= 15 is 0 Å². The molecule has 2 saturated heterocycles. The van der Waals surface area contributed by atoms with Crippen molar-refractivity contribution in [3.05, 3.63) is 42.1 Å². The third-order valence-electron chi connectivity index (χ3n) is 4.68. The van der Waals surface area contributed by atoms with Gasteiger partial charge in [0.2, 0.25) is 0 Å². The van der Waals surface area contributed by atoms with Gasteiger partial charge in [-0.3, -0.25) is 4.79 Å². The Morgan fingerprint density at radius 3 is 2.57 bits per heavy atom. The largest absolute Gasteiger partial charge is 0.350 e. The van der Waals surface area contributed by atoms with E-state index in [1.54, 1.807) is 0 Å². The van der Waals surface area contributed by atoms with Crippen LogP contribution in [0.5, 0.6) is 0 Å². The Morgan fingerprint density at radius 1 is 1.04 bits per heavy atom. The standard InChI is InChI=1S/C18H20N2O3/c21-17(16-6-5-13-3-1-2-4-15(13)19-16)20-9-7-14(8-10-20)18-22-11-12-23-18/h1-6,14,18H,7-12H2. The van der Waals surface area contributed by atoms with Gasteiger partial charge in [0.1, 0.15) is 5.69 Å². The number of para-hydroxylation sites is 1. The van der Waals surface area contributed by atoms with Crippen molar-refractivity contribution in [2.75, 3.05) is 26.3 Å². The number of hydrogen-bond donors (Lipinski definition) is 0. The van der Waals surface area contributed by atoms with Gasteiger partial charge in [-0.15, -0.1) is 0 Å². The molecule has 0 atom stereocenters. The number of ether oxygens (including phenoxy) is 2. The molecule has 0 N–H and O–H groups in total. The molecule has 0 aliphatic carbocycles. The van der Waals surface area contributed by atoms with Gasteiger partial charge in [0.25, 0.3) is 5.91 Å². The number of likely N-dealkylation sites (tertiary alicyclic amines) is 1. The minimum atomic E-state index is -0.0777. The van der Waals surface area contributed by atoms with Crippen molar-refractivity contribution in [1.29, 1.82) is 0 Å². The molecular weight excluding hydrogens is 292 g/mol. The normalized spacial score (nSPS) is 20.3. The average molecular weight is 312 g/mol. The summed E-state index contributed by atoms with van der Waals surface area (Å²) >= 11 is 0. The number of pyridine rings is 1. The van der Waals surface area contributed by atoms with Crippen LogP contribution in [0.3, 0.4) is 0 Å². The van der Waals surface area contributed by atoms with E-state index in [0.29, 0.717) is 24.8 Å². The Bertz CT molecular complexity index is 704. The van der Waals surface area contributed by atoms with E-state index in [2.05, 4.69) is 4.98 Å². The molecule has 0 bridgehead atoms. The first-order valence-corrected chi connectivity index (χ1v) is 8.19. The zero-order valence-electron chi connectivity index (χ0n) is 13.0. The Hall–Kier alpha value is -1.98. The highest BCUT2D eigenvalue weighted by Gasteiger charge is 2.32. The molecule has 0 unspecified atom stereocenters. The number of rotatable bonds is 2. The second-order valence-corrected chi connectivity index (χ2v) is 6.13. The highest BCUT2D eigenvalue weighted by atomic mass is 16.7. The second kappa shape index (κ2) is 6.26. The summed E-state index contributed by atoms with van der Waals surface area (Å²) in [5.41, 5.74) is 1.39. The maximum Gasteiger partial charge on any atom is 0.272 e. The first-order valence-electron chi connectivity index (χ1n) is 8.19. The summed E-state index contributed by atoms with van der Waals surface area (Å²) in [4.78, 5) is 19.1. The number of fused-ring (bicyclic) bond motifs is 1. The van der Waals surface area contributed by atoms with Gasteiger partial charge in [-0.2, -0.15) is 0 Å². The van der Waals surface area contributed by atoms with E-state index < -0.39 is 0 Å². The van der Waals surface area contributed by atoms with Crippen LogP contribution in [0.25, 0.3) is 10.9 Å². The van der Waals surface area contributed by atoms with Crippen LogP contribution in [0.2, 0.25) is 0 Å². The molecule has 23 heavy (non-hydrogen) atoms. The molecule has 1 aromatic heterocycles. The lowest BCUT2D eigenvalue weighted by molar-refractivity contribution is -0.0956. The number of amides is 1. The lowest BCUT2D eigenvalue weighted by Gasteiger charge is -2.33. The number of piperidine rings is 1. The maximum absolute atomic E-state index is 12.7. The smallest absolute Gasteiger partial charge is 0.272 e. The molecule has 1 amide bonds. The quantitative estimate of drug-likeness (QED) is 0.855. The van der Waals surface area contributed by atoms with Gasteiger partial charge in [0.15, 0.2) is 6.29 Å². The van der Waals surface area contributed by atoms with Crippen LogP contribution in [0, 0.1) is 5.92 Å². The van der Waals surface area contributed by atoms with Gasteiger partial charge in [0, 0.05) is 24.4 Å². The number of carbonyl (C=O) groups is 1. The number of benzene rings is 1. The van der Waals surface area contributed by atoms with E-state index in [4.69, 9.17) is 9.47 Å². The number of hydrogen-bond acceptors (Lipinski definition) is 4. The Labute approximate surface area is 135 Å². The van der Waals surface area contributed by atoms with Crippen molar-refractivity contribution in [2.45, 2.75) is 19.1 Å². The fraction of sp³-hybridized carbons (Fsp3) is 0.444. The Morgan fingerprint density at radius 2 is 1.78 bits per heavy atom. The van der Waals surface area contributed by atoms with E-state index in [9.17, 15) is 4.79 Å². The lowest BCUT2D eigenvalue weighted by Crippen LogP contribution is -2.41. The van der Waals surface area contributed by atoms with Crippen LogP contribution in [-0.4, -0.2) is 48.4 Å². The topological polar surface area (TPSA) is 51.7 Å². The molecule has 2 aliphatic heterocycles. The molecule has 1 aromatic carbocycles. The Balaban J connectivity index is 1.44. The molecule has 120 valence electrons. The first-order chi connectivity index (χ1) is 11.3. The van der Waals surface area contributed by atoms with Gasteiger partial charge in [-0.25, -0.2) is 4.98 Å². The summed E-state index contributed by atoms with van der Waals surface area (Å²) in [5, 5.41) is 1.05. The van der Waals surface area contributed by atoms with Crippen LogP contribution in [-0.2, 0) is 9.47 Å². The third-order valence-corrected chi connectivity index (χ3v) is 4.68. The van der Waals surface area contributed by atoms with E-state index in [1.165, 1.54) is 0 Å². The fourth-order valence-corrected chi connectivity index (χ4v) is 3.37. The maximum atomic E-state index is 12.7. The minimum absolute atomic E-state index is 0.0162. The zero-order chi connectivity index (χ0) is 15.6. The highest BCUT2D eigenvalue weighted by Crippen LogP contribution is 2.26. The van der Waals surface area contributed by atoms with Gasteiger partial charge in [-0.05, 0) is 25.0 Å². The van der Waals surface area contributed by atoms with Gasteiger partial charge >= 0.3 is 0 Å². The van der Waals surface area contributed by atoms with Crippen molar-refractivity contribution >= 4 is 16.8 Å². The first kappa shape index (κ1) is 14.6. The van der Waals surface area contributed by atoms with Crippen LogP contribution < -0.4 is 0 Å². The monoisotopic (exact) mass is 312 g/mol. The van der Waals surface area contributed by atoms with Crippen molar-refractivity contribution in [1.82, 2.24) is 9.88 Å². The summed E-state index contributed by atoms with van der Waals surface area (Å²) < 4.78 is 11.2. The van der Waals surface area contributed by atoms with E-state index in [0.717, 1.165) is 36.8 Å². The molecule has 5 heteroatoms. The SMILES string of the molecule is O=C(c1ccc2ccccc2n1)N1CCC(C2OCCO2)CC1. The molecule has 2 fully saturated rings. The third kappa shape index (κ3) is 2.94. The Kier molecular flexibility index (Phi) is 3.97. The van der Waals surface area contributed by atoms with Crippen LogP contribution >= 0.6 is 0 Å². The fourth-order valence-electron chi connectivity index (χ4n) is 3.37. The molecule has 0 radical (unpaired) electrons. The average Bonchev–Trinajstić information content (AvgIpc) is 3.15. The number of carbonyl (C=O) groups excluding carboxylic acids is 1. The number of nitrogens with zero attached hydrogens (tertiary/aromatic N) is 2. The summed E-state index contributed by atoms with van der Waals surface area (Å²) in [5.74, 6) is 0.411. The van der Waals surface area contributed by atoms with Gasteiger partial charge in [-0.1, -0.05) is 24.3 Å². The molecule has 2 aliphatic rings. The predicted octanol–water partition coefficient (Wildman–Crippen LogP) is 2.46. The molecule has 3 heterocycles. The molecule has 0 saturated carbocycles. The van der Waals surface area contributed by atoms with Crippen LogP contribution in [0.4, 0.5) is 0 Å². The van der Waals surface area contributed by atoms with Gasteiger partial charge < -0.3 is 14.4 Å². The van der Waals surface area contributed by atoms with E-state index in [-0.39, 0.29) is 12.2 Å². The van der Waals surface area contributed by atoms with Gasteiger partial charge in [0.05, 0.1) is 18.7 Å². The lowest BCUT2D eigenvalue weighted by atomic mass is 9.96. The van der Waals surface area contributed by atoms with Crippen LogP contribution in [0.15, 0.2) is 36.4 Å². The van der Waals surface area contributed by atoms with E-state index in [1.807, 2.05) is 41.3 Å². The molecule has 5 nitrogen and oxygen atoms in total. The second-order valence-electron chi connectivity index (χ2n) is 6.13. The highest BCUT2D eigenvalue weighted by molar-refractivity contribution is 5.94. The summed E-state index contributed by atoms with van der Waals surface area (Å²) in [6.07, 6.45) is 1.76. The molecule has 0 spiro atoms. The minimum Gasteiger partial charge on any atom is -0.350 e. The van der Waals surface area contributed by atoms with Crippen LogP contribution in [0.1, 0.15) is 23.3 Å². The molecule has 2 aromatic rings. The van der Waals surface area contributed by atoms with Crippen molar-refractivity contribution < 1.29 is 14.3 Å². The molecular formula is C18H20N2O3. The summed E-state index contributed by atoms with van der Waals surface area (Å²) in [6, 6.07) is 11.6.